The number of pyridine rings is 1. The van der Waals surface area contributed by atoms with E-state index in [9.17, 15) is 9.18 Å². The molecule has 1 amide bonds. The number of carbonyl (C=O) groups is 1. The molecule has 5 nitrogen and oxygen atoms in total. The van der Waals surface area contributed by atoms with E-state index in [0.717, 1.165) is 0 Å². The Hall–Kier alpha value is -1.89. The fraction of sp³-hybridized carbons (Fsp3) is 0. The molecule has 1 aromatic carbocycles. The number of nitrogen functional groups attached to an aromatic ring is 1. The molecule has 0 atom stereocenters. The molecule has 0 spiro atoms. The van der Waals surface area contributed by atoms with Crippen LogP contribution in [-0.2, 0) is 0 Å². The molecule has 8 heteroatoms. The van der Waals surface area contributed by atoms with Gasteiger partial charge in [-0.1, -0.05) is 23.2 Å². The second-order valence-corrected chi connectivity index (χ2v) is 4.65. The number of aromatic nitrogens is 1. The van der Waals surface area contributed by atoms with Crippen LogP contribution in [0.3, 0.4) is 0 Å². The van der Waals surface area contributed by atoms with Crippen LogP contribution in [0, 0.1) is 5.82 Å². The van der Waals surface area contributed by atoms with Gasteiger partial charge >= 0.3 is 0 Å². The predicted molar refractivity (Wildman–Crippen MR) is 76.4 cm³/mol. The lowest BCUT2D eigenvalue weighted by Gasteiger charge is -2.08. The van der Waals surface area contributed by atoms with Gasteiger partial charge in [-0.25, -0.2) is 15.2 Å². The van der Waals surface area contributed by atoms with Gasteiger partial charge in [-0.15, -0.1) is 0 Å². The molecular weight excluding hydrogens is 306 g/mol. The highest BCUT2D eigenvalue weighted by Crippen LogP contribution is 2.23. The average molecular weight is 315 g/mol. The number of rotatable bonds is 3. The summed E-state index contributed by atoms with van der Waals surface area (Å²) in [6.45, 7) is 0. The first-order valence-electron chi connectivity index (χ1n) is 5.40. The van der Waals surface area contributed by atoms with Gasteiger partial charge in [0.05, 0.1) is 5.56 Å². The van der Waals surface area contributed by atoms with Crippen molar-refractivity contribution in [2.24, 2.45) is 5.84 Å². The lowest BCUT2D eigenvalue weighted by atomic mass is 10.2. The molecule has 2 aromatic rings. The number of benzene rings is 1. The second-order valence-electron chi connectivity index (χ2n) is 3.78. The molecule has 0 aliphatic rings. The van der Waals surface area contributed by atoms with E-state index in [4.69, 9.17) is 29.0 Å². The lowest BCUT2D eigenvalue weighted by Crippen LogP contribution is -2.17. The van der Waals surface area contributed by atoms with Crippen LogP contribution in [0.1, 0.15) is 10.4 Å². The number of nitrogens with zero attached hydrogens (tertiary/aromatic N) is 1. The van der Waals surface area contributed by atoms with Gasteiger partial charge in [0.2, 0.25) is 0 Å². The molecule has 2 rings (SSSR count). The number of hydrazine groups is 1. The summed E-state index contributed by atoms with van der Waals surface area (Å²) >= 11 is 11.6. The molecular formula is C12H9Cl2FN4O. The standard InChI is InChI=1S/C12H9Cl2FN4O/c13-6-3-7(14)5-8(4-6)18-12(20)9-1-2-17-11(19-16)10(9)15/h1-5H,16H2,(H,17,19)(H,18,20). The largest absolute Gasteiger partial charge is 0.322 e. The summed E-state index contributed by atoms with van der Waals surface area (Å²) < 4.78 is 13.9. The Morgan fingerprint density at radius 2 is 1.90 bits per heavy atom. The molecule has 0 saturated carbocycles. The molecule has 20 heavy (non-hydrogen) atoms. The number of nitrogens with two attached hydrogens (primary N) is 1. The molecule has 104 valence electrons. The third-order valence-electron chi connectivity index (χ3n) is 2.39. The number of hydrogen-bond acceptors (Lipinski definition) is 4. The van der Waals surface area contributed by atoms with Crippen molar-refractivity contribution in [3.05, 3.63) is 51.9 Å². The van der Waals surface area contributed by atoms with Crippen LogP contribution in [-0.4, -0.2) is 10.9 Å². The predicted octanol–water partition coefficient (Wildman–Crippen LogP) is 3.07. The minimum absolute atomic E-state index is 0.205. The van der Waals surface area contributed by atoms with E-state index >= 15 is 0 Å². The first-order chi connectivity index (χ1) is 9.51. The first kappa shape index (κ1) is 14.5. The van der Waals surface area contributed by atoms with Gasteiger partial charge in [-0.2, -0.15) is 0 Å². The fourth-order valence-electron chi connectivity index (χ4n) is 1.54. The van der Waals surface area contributed by atoms with E-state index in [2.05, 4.69) is 15.7 Å². The summed E-state index contributed by atoms with van der Waals surface area (Å²) in [5.41, 5.74) is 2.21. The summed E-state index contributed by atoms with van der Waals surface area (Å²) in [4.78, 5) is 15.6. The van der Waals surface area contributed by atoms with Crippen LogP contribution < -0.4 is 16.6 Å². The van der Waals surface area contributed by atoms with E-state index in [-0.39, 0.29) is 11.4 Å². The Labute approximate surface area is 123 Å². The minimum atomic E-state index is -0.847. The topological polar surface area (TPSA) is 80.0 Å². The van der Waals surface area contributed by atoms with E-state index in [1.807, 2.05) is 0 Å². The Bertz CT molecular complexity index is 646. The summed E-state index contributed by atoms with van der Waals surface area (Å²) in [7, 11) is 0. The second kappa shape index (κ2) is 6.04. The van der Waals surface area contributed by atoms with Crippen LogP contribution in [0.4, 0.5) is 15.9 Å². The number of hydrogen-bond donors (Lipinski definition) is 3. The first-order valence-corrected chi connectivity index (χ1v) is 6.15. The van der Waals surface area contributed by atoms with E-state index in [0.29, 0.717) is 15.7 Å². The maximum Gasteiger partial charge on any atom is 0.258 e. The average Bonchev–Trinajstić information content (AvgIpc) is 2.37. The maximum absolute atomic E-state index is 13.9. The van der Waals surface area contributed by atoms with Crippen molar-refractivity contribution in [3.8, 4) is 0 Å². The Kier molecular flexibility index (Phi) is 4.39. The normalized spacial score (nSPS) is 10.2. The van der Waals surface area contributed by atoms with Crippen molar-refractivity contribution in [1.82, 2.24) is 4.98 Å². The Balaban J connectivity index is 2.28. The summed E-state index contributed by atoms with van der Waals surface area (Å²) in [5, 5.41) is 3.20. The zero-order chi connectivity index (χ0) is 14.7. The van der Waals surface area contributed by atoms with E-state index < -0.39 is 11.7 Å². The summed E-state index contributed by atoms with van der Waals surface area (Å²) in [5.74, 6) is 3.36. The maximum atomic E-state index is 13.9. The SMILES string of the molecule is NNc1nccc(C(=O)Nc2cc(Cl)cc(Cl)c2)c1F. The van der Waals surface area contributed by atoms with Crippen molar-refractivity contribution in [2.75, 3.05) is 10.7 Å². The third-order valence-corrected chi connectivity index (χ3v) is 2.83. The number of carbonyl (C=O) groups excluding carboxylic acids is 1. The van der Waals surface area contributed by atoms with Gasteiger partial charge in [-0.05, 0) is 24.3 Å². The molecule has 0 unspecified atom stereocenters. The summed E-state index contributed by atoms with van der Waals surface area (Å²) in [6, 6.07) is 5.74. The molecule has 4 N–H and O–H groups in total. The number of nitrogens with one attached hydrogen (secondary N) is 2. The van der Waals surface area contributed by atoms with Gasteiger partial charge < -0.3 is 10.7 Å². The van der Waals surface area contributed by atoms with Gasteiger partial charge in [0, 0.05) is 21.9 Å². The number of anilines is 2. The van der Waals surface area contributed by atoms with Crippen LogP contribution in [0.25, 0.3) is 0 Å². The van der Waals surface area contributed by atoms with Crippen molar-refractivity contribution in [3.63, 3.8) is 0 Å². The van der Waals surface area contributed by atoms with E-state index in [1.54, 1.807) is 0 Å². The van der Waals surface area contributed by atoms with E-state index in [1.165, 1.54) is 30.5 Å². The minimum Gasteiger partial charge on any atom is -0.322 e. The number of halogens is 3. The van der Waals surface area contributed by atoms with Crippen molar-refractivity contribution < 1.29 is 9.18 Å². The highest BCUT2D eigenvalue weighted by atomic mass is 35.5. The van der Waals surface area contributed by atoms with Crippen molar-refractivity contribution >= 4 is 40.6 Å². The van der Waals surface area contributed by atoms with Gasteiger partial charge in [0.25, 0.3) is 5.91 Å². The zero-order valence-corrected chi connectivity index (χ0v) is 11.5. The molecule has 0 saturated heterocycles. The smallest absolute Gasteiger partial charge is 0.258 e. The molecule has 0 aliphatic carbocycles. The highest BCUT2D eigenvalue weighted by Gasteiger charge is 2.16. The van der Waals surface area contributed by atoms with Crippen molar-refractivity contribution in [2.45, 2.75) is 0 Å². The Morgan fingerprint density at radius 1 is 1.25 bits per heavy atom. The number of amides is 1. The third kappa shape index (κ3) is 3.16. The van der Waals surface area contributed by atoms with Crippen molar-refractivity contribution in [1.29, 1.82) is 0 Å². The molecule has 1 aromatic heterocycles. The quantitative estimate of drug-likeness (QED) is 0.601. The van der Waals surface area contributed by atoms with Crippen LogP contribution in [0.5, 0.6) is 0 Å². The van der Waals surface area contributed by atoms with Crippen LogP contribution >= 0.6 is 23.2 Å². The van der Waals surface area contributed by atoms with Gasteiger partial charge in [0.15, 0.2) is 11.6 Å². The van der Waals surface area contributed by atoms with Gasteiger partial charge in [0.1, 0.15) is 0 Å². The Morgan fingerprint density at radius 3 is 2.50 bits per heavy atom. The molecule has 0 bridgehead atoms. The lowest BCUT2D eigenvalue weighted by molar-refractivity contribution is 0.102. The zero-order valence-electron chi connectivity index (χ0n) is 9.95. The molecule has 0 fully saturated rings. The molecule has 1 heterocycles. The highest BCUT2D eigenvalue weighted by molar-refractivity contribution is 6.35. The van der Waals surface area contributed by atoms with Gasteiger partial charge in [-0.3, -0.25) is 4.79 Å². The van der Waals surface area contributed by atoms with Crippen LogP contribution in [0.2, 0.25) is 10.0 Å². The fourth-order valence-corrected chi connectivity index (χ4v) is 2.07. The molecule has 0 radical (unpaired) electrons. The van der Waals surface area contributed by atoms with Crippen LogP contribution in [0.15, 0.2) is 30.5 Å². The molecule has 0 aliphatic heterocycles. The monoisotopic (exact) mass is 314 g/mol. The summed E-state index contributed by atoms with van der Waals surface area (Å²) in [6.07, 6.45) is 1.26.